The summed E-state index contributed by atoms with van der Waals surface area (Å²) in [7, 11) is 0. The van der Waals surface area contributed by atoms with Gasteiger partial charge in [0.25, 0.3) is 0 Å². The minimum absolute atomic E-state index is 0.00257. The number of allylic oxidation sites excluding steroid dienone is 4. The second kappa shape index (κ2) is 6.71. The van der Waals surface area contributed by atoms with Crippen LogP contribution in [0.3, 0.4) is 0 Å². The van der Waals surface area contributed by atoms with E-state index in [2.05, 4.69) is 6.92 Å². The zero-order valence-corrected chi connectivity index (χ0v) is 17.9. The highest BCUT2D eigenvalue weighted by molar-refractivity contribution is 6.02. The van der Waals surface area contributed by atoms with Gasteiger partial charge < -0.3 is 9.84 Å². The molecule has 0 amide bonds. The molecule has 0 heterocycles. The molecule has 3 fully saturated rings. The number of aliphatic hydroxyl groups excluding tert-OH is 1. The number of aliphatic hydroxyl groups is 1. The van der Waals surface area contributed by atoms with Crippen LogP contribution in [0.5, 0.6) is 0 Å². The molecular formula is C24H32O5. The maximum atomic E-state index is 13.6. The highest BCUT2D eigenvalue weighted by Crippen LogP contribution is 2.67. The van der Waals surface area contributed by atoms with E-state index < -0.39 is 23.0 Å². The molecule has 0 aromatic carbocycles. The third-order valence-electron chi connectivity index (χ3n) is 8.41. The van der Waals surface area contributed by atoms with Crippen LogP contribution in [0, 0.1) is 28.6 Å². The Labute approximate surface area is 172 Å². The molecule has 0 unspecified atom stereocenters. The van der Waals surface area contributed by atoms with Gasteiger partial charge in [-0.2, -0.15) is 0 Å². The fourth-order valence-electron chi connectivity index (χ4n) is 7.26. The predicted molar refractivity (Wildman–Crippen MR) is 108 cm³/mol. The fourth-order valence-corrected chi connectivity index (χ4v) is 7.26. The van der Waals surface area contributed by atoms with Crippen LogP contribution in [0.2, 0.25) is 0 Å². The van der Waals surface area contributed by atoms with Crippen molar-refractivity contribution in [2.24, 2.45) is 28.6 Å². The normalized spacial score (nSPS) is 43.7. The van der Waals surface area contributed by atoms with Crippen LogP contribution < -0.4 is 0 Å². The monoisotopic (exact) mass is 400 g/mol. The number of carbonyl (C=O) groups excluding carboxylic acids is 3. The van der Waals surface area contributed by atoms with Gasteiger partial charge in [0.1, 0.15) is 18.0 Å². The highest BCUT2D eigenvalue weighted by atomic mass is 16.5. The molecule has 3 saturated carbocycles. The second-order valence-electron chi connectivity index (χ2n) is 10.1. The summed E-state index contributed by atoms with van der Waals surface area (Å²) >= 11 is 0. The average Bonchev–Trinajstić information content (AvgIpc) is 2.93. The molecule has 5 nitrogen and oxygen atoms in total. The first kappa shape index (κ1) is 20.7. The average molecular weight is 401 g/mol. The van der Waals surface area contributed by atoms with Crippen molar-refractivity contribution < 1.29 is 24.2 Å². The van der Waals surface area contributed by atoms with Gasteiger partial charge in [-0.1, -0.05) is 25.5 Å². The topological polar surface area (TPSA) is 80.7 Å². The minimum Gasteiger partial charge on any atom is -0.388 e. The Morgan fingerprint density at radius 1 is 1.28 bits per heavy atom. The van der Waals surface area contributed by atoms with E-state index in [-0.39, 0.29) is 47.6 Å². The molecule has 0 aromatic heterocycles. The Balaban J connectivity index is 1.77. The summed E-state index contributed by atoms with van der Waals surface area (Å²) in [5.41, 5.74) is -1.06. The summed E-state index contributed by atoms with van der Waals surface area (Å²) < 4.78 is 6.27. The molecule has 0 radical (unpaired) electrons. The lowest BCUT2D eigenvalue weighted by Gasteiger charge is -2.57. The van der Waals surface area contributed by atoms with Gasteiger partial charge in [-0.15, -0.1) is 0 Å². The Morgan fingerprint density at radius 3 is 2.66 bits per heavy atom. The molecule has 1 N–H and O–H groups in total. The molecule has 4 rings (SSSR count). The van der Waals surface area contributed by atoms with Gasteiger partial charge >= 0.3 is 0 Å². The van der Waals surface area contributed by atoms with Crippen LogP contribution in [0.25, 0.3) is 0 Å². The number of hydrogen-bond acceptors (Lipinski definition) is 5. The Morgan fingerprint density at radius 2 is 2.00 bits per heavy atom. The van der Waals surface area contributed by atoms with Crippen molar-refractivity contribution in [2.45, 2.75) is 71.5 Å². The molecule has 6 atom stereocenters. The Hall–Kier alpha value is -1.59. The molecule has 4 aliphatic rings. The Bertz CT molecular complexity index is 823. The largest absolute Gasteiger partial charge is 0.388 e. The summed E-state index contributed by atoms with van der Waals surface area (Å²) in [6, 6.07) is 0. The van der Waals surface area contributed by atoms with Crippen molar-refractivity contribution in [3.8, 4) is 0 Å². The van der Waals surface area contributed by atoms with Gasteiger partial charge in [0.15, 0.2) is 11.6 Å². The Kier molecular flexibility index (Phi) is 4.78. The van der Waals surface area contributed by atoms with Crippen molar-refractivity contribution in [1.29, 1.82) is 0 Å². The van der Waals surface area contributed by atoms with Crippen LogP contribution in [-0.4, -0.2) is 40.8 Å². The van der Waals surface area contributed by atoms with Crippen molar-refractivity contribution in [2.75, 3.05) is 6.61 Å². The molecule has 158 valence electrons. The summed E-state index contributed by atoms with van der Waals surface area (Å²) in [6.07, 6.45) is 8.40. The van der Waals surface area contributed by atoms with Crippen molar-refractivity contribution >= 4 is 17.3 Å². The van der Waals surface area contributed by atoms with E-state index >= 15 is 0 Å². The van der Waals surface area contributed by atoms with Gasteiger partial charge in [-0.05, 0) is 63.5 Å². The maximum absolute atomic E-state index is 13.6. The number of rotatable bonds is 4. The first-order valence-electron chi connectivity index (χ1n) is 10.9. The third kappa shape index (κ3) is 2.70. The number of ketones is 3. The summed E-state index contributed by atoms with van der Waals surface area (Å²) in [5, 5.41) is 9.73. The van der Waals surface area contributed by atoms with Gasteiger partial charge in [0, 0.05) is 23.2 Å². The van der Waals surface area contributed by atoms with E-state index in [1.165, 1.54) is 0 Å². The lowest BCUT2D eigenvalue weighted by atomic mass is 9.46. The van der Waals surface area contributed by atoms with Gasteiger partial charge in [0.2, 0.25) is 0 Å². The van der Waals surface area contributed by atoms with Crippen LogP contribution in [-0.2, 0) is 19.1 Å². The number of ether oxygens (including phenoxy) is 1. The molecule has 29 heavy (non-hydrogen) atoms. The molecular weight excluding hydrogens is 368 g/mol. The van der Waals surface area contributed by atoms with E-state index in [0.717, 1.165) is 24.8 Å². The lowest BCUT2D eigenvalue weighted by molar-refractivity contribution is -0.189. The van der Waals surface area contributed by atoms with Gasteiger partial charge in [0.05, 0.1) is 6.10 Å². The quantitative estimate of drug-likeness (QED) is 0.784. The molecule has 5 heteroatoms. The molecule has 0 bridgehead atoms. The third-order valence-corrected chi connectivity index (χ3v) is 8.41. The molecule has 0 spiro atoms. The molecule has 0 saturated heterocycles. The predicted octanol–water partition coefficient (Wildman–Crippen LogP) is 3.20. The van der Waals surface area contributed by atoms with E-state index in [4.69, 9.17) is 4.74 Å². The van der Waals surface area contributed by atoms with Gasteiger partial charge in [-0.3, -0.25) is 14.4 Å². The highest BCUT2D eigenvalue weighted by Gasteiger charge is 2.69. The molecule has 4 aliphatic carbocycles. The smallest absolute Gasteiger partial charge is 0.190 e. The van der Waals surface area contributed by atoms with E-state index in [1.54, 1.807) is 12.2 Å². The van der Waals surface area contributed by atoms with Crippen LogP contribution in [0.1, 0.15) is 59.8 Å². The van der Waals surface area contributed by atoms with Gasteiger partial charge in [-0.25, -0.2) is 0 Å². The first-order chi connectivity index (χ1) is 13.6. The molecule has 0 aromatic rings. The standard InChI is InChI=1S/C24H32O5/c1-14(2)29-24(20(28)13-25)10-8-18-17-6-5-15-11-16(26)7-9-22(15,3)21(17)19(27)12-23(18,24)4/h7,9,11,14,17-18,21,25H,5-6,8,10,12-13H2,1-4H3/t17-,18-,21+,22-,23-,24-/m0/s1. The van der Waals surface area contributed by atoms with Crippen molar-refractivity contribution in [3.05, 3.63) is 23.8 Å². The second-order valence-corrected chi connectivity index (χ2v) is 10.1. The SMILES string of the molecule is CC(C)O[C@]1(C(=O)CO)CC[C@H]2[C@@H]3CCC4=CC(=O)C=C[C@]4(C)[C@H]3C(=O)C[C@@]21C. The van der Waals surface area contributed by atoms with Crippen molar-refractivity contribution in [1.82, 2.24) is 0 Å². The van der Waals surface area contributed by atoms with Crippen LogP contribution in [0.15, 0.2) is 23.8 Å². The fraction of sp³-hybridized carbons (Fsp3) is 0.708. The number of Topliss-reactive ketones (excluding diaryl/α,β-unsaturated/α-hetero) is 2. The van der Waals surface area contributed by atoms with E-state index in [0.29, 0.717) is 6.42 Å². The summed E-state index contributed by atoms with van der Waals surface area (Å²) in [6.45, 7) is 7.36. The first-order valence-corrected chi connectivity index (χ1v) is 10.9. The summed E-state index contributed by atoms with van der Waals surface area (Å²) in [5.74, 6) is 0.0412. The van der Waals surface area contributed by atoms with Crippen LogP contribution in [0.4, 0.5) is 0 Å². The van der Waals surface area contributed by atoms with Crippen molar-refractivity contribution in [3.63, 3.8) is 0 Å². The number of hydrogen-bond donors (Lipinski definition) is 1. The molecule has 0 aliphatic heterocycles. The number of carbonyl (C=O) groups is 3. The zero-order chi connectivity index (χ0) is 21.2. The lowest BCUT2D eigenvalue weighted by Crippen LogP contribution is -2.62. The van der Waals surface area contributed by atoms with Crippen LogP contribution >= 0.6 is 0 Å². The minimum atomic E-state index is -1.10. The van der Waals surface area contributed by atoms with E-state index in [9.17, 15) is 19.5 Å². The zero-order valence-electron chi connectivity index (χ0n) is 17.9. The maximum Gasteiger partial charge on any atom is 0.190 e. The van der Waals surface area contributed by atoms with E-state index in [1.807, 2.05) is 26.8 Å². The summed E-state index contributed by atoms with van der Waals surface area (Å²) in [4.78, 5) is 38.5. The number of fused-ring (bicyclic) bond motifs is 5.